The molecule has 0 atom stereocenters. The minimum atomic E-state index is -5.08. The predicted molar refractivity (Wildman–Crippen MR) is 114 cm³/mol. The molecule has 1 aliphatic heterocycles. The second kappa shape index (κ2) is 9.52. The van der Waals surface area contributed by atoms with E-state index in [0.29, 0.717) is 6.54 Å². The van der Waals surface area contributed by atoms with Gasteiger partial charge in [-0.2, -0.15) is 18.3 Å². The van der Waals surface area contributed by atoms with E-state index < -0.39 is 12.1 Å². The number of aliphatic carboxylic acids is 1. The van der Waals surface area contributed by atoms with Gasteiger partial charge in [-0.15, -0.1) is 0 Å². The zero-order valence-corrected chi connectivity index (χ0v) is 18.2. The number of alkyl halides is 3. The highest BCUT2D eigenvalue weighted by molar-refractivity contribution is 5.96. The highest BCUT2D eigenvalue weighted by Crippen LogP contribution is 2.36. The number of amides is 1. The first-order valence-electron chi connectivity index (χ1n) is 11.4. The lowest BCUT2D eigenvalue weighted by Gasteiger charge is -2.21. The zero-order valence-electron chi connectivity index (χ0n) is 18.2. The summed E-state index contributed by atoms with van der Waals surface area (Å²) in [6.45, 7) is 1.44. The van der Waals surface area contributed by atoms with Crippen molar-refractivity contribution in [3.8, 4) is 11.3 Å². The fourth-order valence-corrected chi connectivity index (χ4v) is 4.90. The van der Waals surface area contributed by atoms with E-state index in [0.717, 1.165) is 48.7 Å². The van der Waals surface area contributed by atoms with Crippen LogP contribution >= 0.6 is 0 Å². The topological polar surface area (TPSA) is 97.1 Å². The third kappa shape index (κ3) is 5.20. The van der Waals surface area contributed by atoms with Gasteiger partial charge in [-0.1, -0.05) is 32.1 Å². The molecule has 2 N–H and O–H groups in total. The second-order valence-electron chi connectivity index (χ2n) is 8.83. The molecule has 0 saturated heterocycles. The number of rotatable bonds is 3. The van der Waals surface area contributed by atoms with E-state index in [-0.39, 0.29) is 5.91 Å². The van der Waals surface area contributed by atoms with Crippen LogP contribution in [0.4, 0.5) is 13.2 Å². The molecule has 0 aromatic carbocycles. The maximum atomic E-state index is 12.3. The van der Waals surface area contributed by atoms with Gasteiger partial charge in [0.1, 0.15) is 5.69 Å². The SMILES string of the molecule is O=C(O)C(F)(F)F.O=C1NCCn2nc3c(c21)CCc1cnc(CCC2CCCCC2)cc1-3. The van der Waals surface area contributed by atoms with Crippen LogP contribution in [-0.4, -0.2) is 44.5 Å². The van der Waals surface area contributed by atoms with Crippen molar-refractivity contribution in [3.05, 3.63) is 34.8 Å². The monoisotopic (exact) mass is 464 g/mol. The van der Waals surface area contributed by atoms with Crippen molar-refractivity contribution in [1.82, 2.24) is 20.1 Å². The molecule has 2 aromatic heterocycles. The number of hydrogen-bond acceptors (Lipinski definition) is 4. The van der Waals surface area contributed by atoms with E-state index >= 15 is 0 Å². The molecule has 1 fully saturated rings. The summed E-state index contributed by atoms with van der Waals surface area (Å²) in [5.74, 6) is -1.85. The Hall–Kier alpha value is -2.91. The average Bonchev–Trinajstić information content (AvgIpc) is 3.18. The molecule has 178 valence electrons. The molecule has 0 radical (unpaired) electrons. The van der Waals surface area contributed by atoms with Gasteiger partial charge >= 0.3 is 12.1 Å². The molecule has 7 nitrogen and oxygen atoms in total. The highest BCUT2D eigenvalue weighted by Gasteiger charge is 2.38. The van der Waals surface area contributed by atoms with Crippen LogP contribution in [0.1, 0.15) is 65.8 Å². The van der Waals surface area contributed by atoms with Crippen molar-refractivity contribution in [3.63, 3.8) is 0 Å². The summed E-state index contributed by atoms with van der Waals surface area (Å²) in [6.07, 6.45) is 8.08. The van der Waals surface area contributed by atoms with E-state index in [9.17, 15) is 18.0 Å². The fraction of sp³-hybridized carbons (Fsp3) is 0.565. The molecule has 2 aromatic rings. The largest absolute Gasteiger partial charge is 0.490 e. The number of nitrogens with one attached hydrogen (secondary N) is 1. The summed E-state index contributed by atoms with van der Waals surface area (Å²) >= 11 is 0. The molecule has 33 heavy (non-hydrogen) atoms. The Labute approximate surface area is 189 Å². The van der Waals surface area contributed by atoms with Crippen LogP contribution in [0, 0.1) is 5.92 Å². The van der Waals surface area contributed by atoms with Crippen LogP contribution in [-0.2, 0) is 30.6 Å². The molecular weight excluding hydrogens is 437 g/mol. The van der Waals surface area contributed by atoms with Gasteiger partial charge in [-0.3, -0.25) is 14.5 Å². The zero-order chi connectivity index (χ0) is 23.6. The number of carboxylic acids is 1. The standard InChI is InChI=1S/C21H26N4O.C2HF3O2/c26-21-20-17-9-7-15-13-23-16(8-6-14-4-2-1-3-5-14)12-18(15)19(17)24-25(20)11-10-22-21;3-2(4,5)1(6)7/h12-14H,1-11H2,(H,22,26);(H,6,7). The average molecular weight is 464 g/mol. The minimum Gasteiger partial charge on any atom is -0.475 e. The molecule has 5 rings (SSSR count). The number of hydrogen-bond donors (Lipinski definition) is 2. The Morgan fingerprint density at radius 2 is 1.94 bits per heavy atom. The van der Waals surface area contributed by atoms with Crippen molar-refractivity contribution in [1.29, 1.82) is 0 Å². The lowest BCUT2D eigenvalue weighted by atomic mass is 9.85. The first kappa shape index (κ1) is 23.3. The second-order valence-corrected chi connectivity index (χ2v) is 8.83. The number of nitrogens with zero attached hydrogens (tertiary/aromatic N) is 3. The summed E-state index contributed by atoms with van der Waals surface area (Å²) in [7, 11) is 0. The molecule has 3 aliphatic rings. The molecular formula is C23H27F3N4O3. The lowest BCUT2D eigenvalue weighted by molar-refractivity contribution is -0.192. The Balaban J connectivity index is 0.000000325. The molecule has 1 amide bonds. The summed E-state index contributed by atoms with van der Waals surface area (Å²) < 4.78 is 33.6. The van der Waals surface area contributed by atoms with Crippen molar-refractivity contribution in [2.24, 2.45) is 5.92 Å². The van der Waals surface area contributed by atoms with Gasteiger partial charge in [-0.05, 0) is 43.2 Å². The third-order valence-corrected chi connectivity index (χ3v) is 6.59. The van der Waals surface area contributed by atoms with E-state index in [2.05, 4.69) is 11.4 Å². The molecule has 3 heterocycles. The number of carbonyl (C=O) groups excluding carboxylic acids is 1. The number of halogens is 3. The van der Waals surface area contributed by atoms with Crippen molar-refractivity contribution in [2.75, 3.05) is 6.54 Å². The van der Waals surface area contributed by atoms with Crippen LogP contribution < -0.4 is 5.32 Å². The number of aromatic nitrogens is 3. The van der Waals surface area contributed by atoms with Gasteiger partial charge in [0.25, 0.3) is 5.91 Å². The quantitative estimate of drug-likeness (QED) is 0.717. The molecule has 0 spiro atoms. The molecule has 0 unspecified atom stereocenters. The Morgan fingerprint density at radius 1 is 1.21 bits per heavy atom. The van der Waals surface area contributed by atoms with Crippen molar-refractivity contribution in [2.45, 2.75) is 70.5 Å². The molecule has 10 heteroatoms. The van der Waals surface area contributed by atoms with E-state index in [4.69, 9.17) is 20.0 Å². The number of fused-ring (bicyclic) bond motifs is 5. The van der Waals surface area contributed by atoms with Gasteiger partial charge < -0.3 is 10.4 Å². The Bertz CT molecular complexity index is 1040. The highest BCUT2D eigenvalue weighted by atomic mass is 19.4. The summed E-state index contributed by atoms with van der Waals surface area (Å²) in [5.41, 5.74) is 6.57. The van der Waals surface area contributed by atoms with Crippen LogP contribution in [0.5, 0.6) is 0 Å². The molecule has 0 bridgehead atoms. The summed E-state index contributed by atoms with van der Waals surface area (Å²) in [5, 5.41) is 14.9. The number of carboxylic acid groups (broad SMARTS) is 1. The lowest BCUT2D eigenvalue weighted by Crippen LogP contribution is -2.36. The first-order chi connectivity index (χ1) is 15.7. The maximum Gasteiger partial charge on any atom is 0.490 e. The predicted octanol–water partition coefficient (Wildman–Crippen LogP) is 3.93. The minimum absolute atomic E-state index is 0.0278. The Morgan fingerprint density at radius 3 is 2.64 bits per heavy atom. The van der Waals surface area contributed by atoms with Gasteiger partial charge in [0.15, 0.2) is 0 Å². The van der Waals surface area contributed by atoms with Gasteiger partial charge in [0.2, 0.25) is 0 Å². The molecule has 2 aliphatic carbocycles. The normalized spacial score (nSPS) is 17.7. The van der Waals surface area contributed by atoms with Crippen LogP contribution in [0.15, 0.2) is 12.3 Å². The number of pyridine rings is 1. The van der Waals surface area contributed by atoms with Crippen LogP contribution in [0.2, 0.25) is 0 Å². The number of aryl methyl sites for hydroxylation is 2. The van der Waals surface area contributed by atoms with Gasteiger partial charge in [0, 0.05) is 29.6 Å². The van der Waals surface area contributed by atoms with Gasteiger partial charge in [0.05, 0.1) is 12.2 Å². The smallest absolute Gasteiger partial charge is 0.475 e. The van der Waals surface area contributed by atoms with Crippen molar-refractivity contribution >= 4 is 11.9 Å². The van der Waals surface area contributed by atoms with E-state index in [1.54, 1.807) is 0 Å². The first-order valence-corrected chi connectivity index (χ1v) is 11.4. The van der Waals surface area contributed by atoms with E-state index in [1.165, 1.54) is 55.3 Å². The van der Waals surface area contributed by atoms with Crippen LogP contribution in [0.25, 0.3) is 11.3 Å². The van der Waals surface area contributed by atoms with Gasteiger partial charge in [-0.25, -0.2) is 4.79 Å². The maximum absolute atomic E-state index is 12.3. The Kier molecular flexibility index (Phi) is 6.71. The van der Waals surface area contributed by atoms with Crippen molar-refractivity contribution < 1.29 is 27.9 Å². The third-order valence-electron chi connectivity index (χ3n) is 6.59. The number of carbonyl (C=O) groups is 2. The van der Waals surface area contributed by atoms with E-state index in [1.807, 2.05) is 10.9 Å². The summed E-state index contributed by atoms with van der Waals surface area (Å²) in [6, 6.07) is 2.24. The fourth-order valence-electron chi connectivity index (χ4n) is 4.90. The summed E-state index contributed by atoms with van der Waals surface area (Å²) in [4.78, 5) is 25.9. The van der Waals surface area contributed by atoms with Crippen LogP contribution in [0.3, 0.4) is 0 Å². The molecule has 1 saturated carbocycles.